The molecule has 4 nitrogen and oxygen atoms in total. The fourth-order valence-electron chi connectivity index (χ4n) is 2.67. The minimum absolute atomic E-state index is 0.337. The quantitative estimate of drug-likeness (QED) is 0.869. The van der Waals surface area contributed by atoms with Gasteiger partial charge in [0.25, 0.3) is 0 Å². The Kier molecular flexibility index (Phi) is 4.44. The minimum Gasteiger partial charge on any atom is -0.311 e. The Labute approximate surface area is 126 Å². The first-order valence-corrected chi connectivity index (χ1v) is 8.91. The van der Waals surface area contributed by atoms with Gasteiger partial charge in [0.15, 0.2) is 0 Å². The van der Waals surface area contributed by atoms with Crippen molar-refractivity contribution in [1.82, 2.24) is 10.0 Å². The van der Waals surface area contributed by atoms with Gasteiger partial charge in [-0.2, -0.15) is 0 Å². The molecule has 1 aliphatic carbocycles. The van der Waals surface area contributed by atoms with Gasteiger partial charge in [-0.15, -0.1) is 0 Å². The molecule has 0 spiro atoms. The highest BCUT2D eigenvalue weighted by atomic mass is 35.5. The third-order valence-electron chi connectivity index (χ3n) is 3.40. The van der Waals surface area contributed by atoms with Crippen LogP contribution in [-0.4, -0.2) is 32.8 Å². The molecule has 2 rings (SSSR count). The first-order chi connectivity index (χ1) is 9.15. The summed E-state index contributed by atoms with van der Waals surface area (Å²) >= 11 is 6.00. The van der Waals surface area contributed by atoms with Crippen LogP contribution in [0.25, 0.3) is 0 Å². The summed E-state index contributed by atoms with van der Waals surface area (Å²) in [5, 5.41) is 4.21. The van der Waals surface area contributed by atoms with Crippen LogP contribution in [0.4, 0.5) is 0 Å². The average molecular weight is 317 g/mol. The lowest BCUT2D eigenvalue weighted by atomic mass is 10.1. The van der Waals surface area contributed by atoms with E-state index in [1.807, 2.05) is 26.0 Å². The van der Waals surface area contributed by atoms with E-state index in [1.165, 1.54) is 17.4 Å². The summed E-state index contributed by atoms with van der Waals surface area (Å²) in [4.78, 5) is 0. The highest BCUT2D eigenvalue weighted by molar-refractivity contribution is 7.88. The maximum Gasteiger partial charge on any atom is 0.209 e. The fourth-order valence-corrected chi connectivity index (χ4v) is 3.94. The Balaban J connectivity index is 1.91. The zero-order chi connectivity index (χ0) is 15.0. The lowest BCUT2D eigenvalue weighted by Gasteiger charge is -2.27. The van der Waals surface area contributed by atoms with Gasteiger partial charge in [-0.1, -0.05) is 17.7 Å². The SMILES string of the molecule is CC(C)(CNC1Cc2ccc(Cl)cc2C1)NS(C)(=O)=O. The maximum absolute atomic E-state index is 11.3. The number of sulfonamides is 1. The number of fused-ring (bicyclic) bond motifs is 1. The topological polar surface area (TPSA) is 58.2 Å². The molecule has 0 bridgehead atoms. The molecule has 20 heavy (non-hydrogen) atoms. The zero-order valence-electron chi connectivity index (χ0n) is 12.0. The van der Waals surface area contributed by atoms with Gasteiger partial charge in [-0.05, 0) is 49.9 Å². The molecule has 1 aromatic carbocycles. The molecule has 6 heteroatoms. The highest BCUT2D eigenvalue weighted by Gasteiger charge is 2.26. The second-order valence-corrected chi connectivity index (χ2v) is 8.34. The van der Waals surface area contributed by atoms with E-state index in [-0.39, 0.29) is 0 Å². The molecule has 0 aliphatic heterocycles. The van der Waals surface area contributed by atoms with E-state index in [4.69, 9.17) is 11.6 Å². The van der Waals surface area contributed by atoms with Crippen molar-refractivity contribution in [3.05, 3.63) is 34.3 Å². The van der Waals surface area contributed by atoms with Crippen LogP contribution in [0.5, 0.6) is 0 Å². The summed E-state index contributed by atoms with van der Waals surface area (Å²) in [6, 6.07) is 6.33. The summed E-state index contributed by atoms with van der Waals surface area (Å²) in [5.41, 5.74) is 2.10. The van der Waals surface area contributed by atoms with Crippen molar-refractivity contribution in [2.75, 3.05) is 12.8 Å². The molecular weight excluding hydrogens is 296 g/mol. The number of hydrogen-bond donors (Lipinski definition) is 2. The summed E-state index contributed by atoms with van der Waals surface area (Å²) < 4.78 is 25.2. The molecule has 1 unspecified atom stereocenters. The third-order valence-corrected chi connectivity index (χ3v) is 4.55. The van der Waals surface area contributed by atoms with Crippen LogP contribution >= 0.6 is 11.6 Å². The van der Waals surface area contributed by atoms with Crippen molar-refractivity contribution < 1.29 is 8.42 Å². The number of halogens is 1. The van der Waals surface area contributed by atoms with E-state index in [0.717, 1.165) is 17.9 Å². The molecule has 0 saturated heterocycles. The maximum atomic E-state index is 11.3. The van der Waals surface area contributed by atoms with Crippen LogP contribution in [0.2, 0.25) is 5.02 Å². The number of nitrogens with one attached hydrogen (secondary N) is 2. The first kappa shape index (κ1) is 15.8. The van der Waals surface area contributed by atoms with Gasteiger partial charge in [-0.25, -0.2) is 13.1 Å². The van der Waals surface area contributed by atoms with Gasteiger partial charge >= 0.3 is 0 Å². The molecular formula is C14H21ClN2O2S. The average Bonchev–Trinajstić information content (AvgIpc) is 2.65. The molecule has 1 atom stereocenters. The van der Waals surface area contributed by atoms with E-state index >= 15 is 0 Å². The molecule has 0 fully saturated rings. The zero-order valence-corrected chi connectivity index (χ0v) is 13.6. The molecule has 1 aliphatic rings. The van der Waals surface area contributed by atoms with Crippen molar-refractivity contribution >= 4 is 21.6 Å². The van der Waals surface area contributed by atoms with Crippen molar-refractivity contribution in [2.24, 2.45) is 0 Å². The van der Waals surface area contributed by atoms with Crippen LogP contribution < -0.4 is 10.0 Å². The lowest BCUT2D eigenvalue weighted by molar-refractivity contribution is 0.391. The van der Waals surface area contributed by atoms with Gasteiger partial charge in [-0.3, -0.25) is 0 Å². The van der Waals surface area contributed by atoms with E-state index in [1.54, 1.807) is 0 Å². The minimum atomic E-state index is -3.19. The number of rotatable bonds is 5. The Morgan fingerprint density at radius 2 is 1.95 bits per heavy atom. The Hall–Kier alpha value is -0.620. The smallest absolute Gasteiger partial charge is 0.209 e. The number of hydrogen-bond acceptors (Lipinski definition) is 3. The number of benzene rings is 1. The van der Waals surface area contributed by atoms with Crippen LogP contribution in [-0.2, 0) is 22.9 Å². The second-order valence-electron chi connectivity index (χ2n) is 6.16. The summed E-state index contributed by atoms with van der Waals surface area (Å²) in [6.45, 7) is 4.34. The van der Waals surface area contributed by atoms with Crippen LogP contribution in [0.1, 0.15) is 25.0 Å². The van der Waals surface area contributed by atoms with Gasteiger partial charge in [0.05, 0.1) is 6.26 Å². The van der Waals surface area contributed by atoms with E-state index in [9.17, 15) is 8.42 Å². The summed E-state index contributed by atoms with van der Waals surface area (Å²) in [7, 11) is -3.19. The van der Waals surface area contributed by atoms with E-state index < -0.39 is 15.6 Å². The molecule has 0 saturated carbocycles. The molecule has 0 radical (unpaired) electrons. The van der Waals surface area contributed by atoms with Crippen LogP contribution in [0.3, 0.4) is 0 Å². The first-order valence-electron chi connectivity index (χ1n) is 6.64. The molecule has 112 valence electrons. The normalized spacial score (nSPS) is 19.1. The van der Waals surface area contributed by atoms with Crippen LogP contribution in [0.15, 0.2) is 18.2 Å². The molecule has 0 heterocycles. The van der Waals surface area contributed by atoms with Crippen molar-refractivity contribution in [3.8, 4) is 0 Å². The van der Waals surface area contributed by atoms with Crippen molar-refractivity contribution in [2.45, 2.75) is 38.3 Å². The second kappa shape index (κ2) is 5.64. The Morgan fingerprint density at radius 1 is 1.30 bits per heavy atom. The third kappa shape index (κ3) is 4.45. The summed E-state index contributed by atoms with van der Waals surface area (Å²) in [6.07, 6.45) is 3.08. The van der Waals surface area contributed by atoms with Crippen molar-refractivity contribution in [1.29, 1.82) is 0 Å². The highest BCUT2D eigenvalue weighted by Crippen LogP contribution is 2.25. The van der Waals surface area contributed by atoms with Crippen molar-refractivity contribution in [3.63, 3.8) is 0 Å². The molecule has 0 aromatic heterocycles. The predicted octanol–water partition coefficient (Wildman–Crippen LogP) is 1.72. The molecule has 2 N–H and O–H groups in total. The standard InChI is InChI=1S/C14H21ClN2O2S/c1-14(2,17-20(3,18)19)9-16-13-7-10-4-5-12(15)6-11(10)8-13/h4-6,13,16-17H,7-9H2,1-3H3. The Bertz CT molecular complexity index is 599. The van der Waals surface area contributed by atoms with Crippen LogP contribution in [0, 0.1) is 0 Å². The van der Waals surface area contributed by atoms with Gasteiger partial charge in [0, 0.05) is 23.1 Å². The van der Waals surface area contributed by atoms with E-state index in [2.05, 4.69) is 16.1 Å². The fraction of sp³-hybridized carbons (Fsp3) is 0.571. The van der Waals surface area contributed by atoms with Gasteiger partial charge in [0.2, 0.25) is 10.0 Å². The Morgan fingerprint density at radius 3 is 2.60 bits per heavy atom. The van der Waals surface area contributed by atoms with E-state index in [0.29, 0.717) is 12.6 Å². The van der Waals surface area contributed by atoms with Gasteiger partial charge in [0.1, 0.15) is 0 Å². The lowest BCUT2D eigenvalue weighted by Crippen LogP contribution is -2.51. The predicted molar refractivity (Wildman–Crippen MR) is 82.7 cm³/mol. The summed E-state index contributed by atoms with van der Waals surface area (Å²) in [5.74, 6) is 0. The molecule has 1 aromatic rings. The monoisotopic (exact) mass is 316 g/mol. The largest absolute Gasteiger partial charge is 0.311 e. The molecule has 0 amide bonds. The van der Waals surface area contributed by atoms with Gasteiger partial charge < -0.3 is 5.32 Å².